The molecule has 3 heterocycles. The van der Waals surface area contributed by atoms with E-state index < -0.39 is 17.2 Å². The van der Waals surface area contributed by atoms with Crippen molar-refractivity contribution in [3.05, 3.63) is 84.9 Å². The number of fused-ring (bicyclic) bond motifs is 1. The Bertz CT molecular complexity index is 1300. The highest BCUT2D eigenvalue weighted by Crippen LogP contribution is 2.44. The van der Waals surface area contributed by atoms with Crippen LogP contribution in [0.1, 0.15) is 36.5 Å². The lowest BCUT2D eigenvalue weighted by molar-refractivity contribution is -0.116. The van der Waals surface area contributed by atoms with Gasteiger partial charge >= 0.3 is 5.69 Å². The predicted molar refractivity (Wildman–Crippen MR) is 108 cm³/mol. The summed E-state index contributed by atoms with van der Waals surface area (Å²) in [7, 11) is 0. The molecule has 2 aromatic heterocycles. The second-order valence-electron chi connectivity index (χ2n) is 7.14. The molecule has 1 atom stereocenters. The maximum atomic E-state index is 12.8. The molecule has 1 unspecified atom stereocenters. The van der Waals surface area contributed by atoms with Crippen LogP contribution in [0.15, 0.2) is 61.7 Å². The topological polar surface area (TPSA) is 108 Å². The minimum Gasteiger partial charge on any atom is -0.460 e. The van der Waals surface area contributed by atoms with Crippen molar-refractivity contribution in [2.75, 3.05) is 5.32 Å². The zero-order chi connectivity index (χ0) is 20.1. The molecule has 1 aliphatic carbocycles. The van der Waals surface area contributed by atoms with E-state index >= 15 is 0 Å². The molecule has 0 spiro atoms. The van der Waals surface area contributed by atoms with Gasteiger partial charge in [-0.25, -0.2) is 4.79 Å². The number of furan rings is 1. The molecule has 3 N–H and O–H groups in total. The van der Waals surface area contributed by atoms with Crippen molar-refractivity contribution in [1.29, 1.82) is 0 Å². The number of H-pyrrole nitrogens is 2. The highest BCUT2D eigenvalue weighted by Gasteiger charge is 2.39. The smallest absolute Gasteiger partial charge is 0.327 e. The summed E-state index contributed by atoms with van der Waals surface area (Å²) in [6, 6.07) is 10.8. The third kappa shape index (κ3) is 2.94. The lowest BCUT2D eigenvalue weighted by Crippen LogP contribution is -2.35. The summed E-state index contributed by atoms with van der Waals surface area (Å²) < 4.78 is 6.09. The minimum atomic E-state index is -0.692. The predicted octanol–water partition coefficient (Wildman–Crippen LogP) is 3.54. The van der Waals surface area contributed by atoms with Crippen LogP contribution >= 0.6 is 11.6 Å². The SMILES string of the molecule is O=C1CCCC2=C1C(c1ccc(-c3cccc(Cl)c3)o1)c1c([nH]c(=O)[nH]c1=O)N2. The Morgan fingerprint density at radius 3 is 2.72 bits per heavy atom. The number of allylic oxidation sites excluding steroid dienone is 2. The molecular weight excluding hydrogens is 394 g/mol. The number of rotatable bonds is 2. The fourth-order valence-corrected chi connectivity index (χ4v) is 4.27. The Morgan fingerprint density at radius 1 is 1.03 bits per heavy atom. The van der Waals surface area contributed by atoms with Crippen LogP contribution in [0.2, 0.25) is 5.02 Å². The van der Waals surface area contributed by atoms with Crippen LogP contribution in [-0.4, -0.2) is 15.8 Å². The molecule has 8 heteroatoms. The van der Waals surface area contributed by atoms with E-state index in [2.05, 4.69) is 15.3 Å². The summed E-state index contributed by atoms with van der Waals surface area (Å²) >= 11 is 6.08. The zero-order valence-corrected chi connectivity index (χ0v) is 15.9. The van der Waals surface area contributed by atoms with Crippen molar-refractivity contribution in [3.63, 3.8) is 0 Å². The molecule has 29 heavy (non-hydrogen) atoms. The molecule has 0 radical (unpaired) electrons. The Kier molecular flexibility index (Phi) is 4.06. The van der Waals surface area contributed by atoms with Gasteiger partial charge < -0.3 is 9.73 Å². The Balaban J connectivity index is 1.71. The van der Waals surface area contributed by atoms with Gasteiger partial charge in [-0.2, -0.15) is 0 Å². The van der Waals surface area contributed by atoms with Gasteiger partial charge in [-0.1, -0.05) is 23.7 Å². The lowest BCUT2D eigenvalue weighted by atomic mass is 9.79. The summed E-state index contributed by atoms with van der Waals surface area (Å²) in [5.74, 6) is 0.623. The normalized spacial score (nSPS) is 18.2. The standard InChI is InChI=1S/C21H16ClN3O4/c22-11-4-1-3-10(9-11)14-7-8-15(29-14)17-16-12(5-2-6-13(16)26)23-19-18(17)20(27)25-21(28)24-19/h1,3-4,7-9,17H,2,5-6H2,(H3,23,24,25,27,28). The molecule has 5 rings (SSSR count). The Labute approximate surface area is 169 Å². The van der Waals surface area contributed by atoms with E-state index in [0.717, 1.165) is 11.3 Å². The average Bonchev–Trinajstić information content (AvgIpc) is 3.16. The molecule has 7 nitrogen and oxygen atoms in total. The van der Waals surface area contributed by atoms with Crippen molar-refractivity contribution in [2.45, 2.75) is 25.2 Å². The number of carbonyl (C=O) groups is 1. The summed E-state index contributed by atoms with van der Waals surface area (Å²) in [4.78, 5) is 42.1. The molecule has 0 fully saturated rings. The zero-order valence-electron chi connectivity index (χ0n) is 15.2. The van der Waals surface area contributed by atoms with Crippen LogP contribution in [0.5, 0.6) is 0 Å². The number of aromatic amines is 2. The summed E-state index contributed by atoms with van der Waals surface area (Å²) in [5, 5.41) is 3.66. The number of aromatic nitrogens is 2. The van der Waals surface area contributed by atoms with Gasteiger partial charge in [0.15, 0.2) is 5.78 Å². The van der Waals surface area contributed by atoms with Gasteiger partial charge in [0.25, 0.3) is 5.56 Å². The number of benzene rings is 1. The molecule has 0 amide bonds. The average molecular weight is 410 g/mol. The monoisotopic (exact) mass is 409 g/mol. The van der Waals surface area contributed by atoms with Crippen LogP contribution < -0.4 is 16.6 Å². The van der Waals surface area contributed by atoms with E-state index in [1.54, 1.807) is 24.3 Å². The molecule has 1 aromatic carbocycles. The first-order valence-corrected chi connectivity index (χ1v) is 9.64. The van der Waals surface area contributed by atoms with E-state index in [1.807, 2.05) is 12.1 Å². The fraction of sp³-hybridized carbons (Fsp3) is 0.190. The van der Waals surface area contributed by atoms with Gasteiger partial charge in [0.05, 0.1) is 11.5 Å². The van der Waals surface area contributed by atoms with Gasteiger partial charge in [-0.05, 0) is 37.1 Å². The molecule has 1 aliphatic heterocycles. The number of halogens is 1. The lowest BCUT2D eigenvalue weighted by Gasteiger charge is -2.31. The molecule has 3 aromatic rings. The summed E-state index contributed by atoms with van der Waals surface area (Å²) in [5.41, 5.74) is 1.15. The van der Waals surface area contributed by atoms with Crippen molar-refractivity contribution in [2.24, 2.45) is 0 Å². The van der Waals surface area contributed by atoms with Crippen LogP contribution in [-0.2, 0) is 4.79 Å². The number of nitrogens with one attached hydrogen (secondary N) is 3. The summed E-state index contributed by atoms with van der Waals surface area (Å²) in [6.45, 7) is 0. The molecular formula is C21H16ClN3O4. The fourth-order valence-electron chi connectivity index (χ4n) is 4.08. The van der Waals surface area contributed by atoms with Crippen LogP contribution in [0, 0.1) is 0 Å². The van der Waals surface area contributed by atoms with E-state index in [4.69, 9.17) is 16.0 Å². The number of carbonyl (C=O) groups excluding carboxylic acids is 1. The maximum Gasteiger partial charge on any atom is 0.327 e. The van der Waals surface area contributed by atoms with E-state index in [0.29, 0.717) is 47.2 Å². The van der Waals surface area contributed by atoms with Gasteiger partial charge in [-0.3, -0.25) is 19.6 Å². The van der Waals surface area contributed by atoms with Crippen LogP contribution in [0.4, 0.5) is 5.82 Å². The quantitative estimate of drug-likeness (QED) is 0.600. The first-order valence-electron chi connectivity index (χ1n) is 9.26. The number of ketones is 1. The van der Waals surface area contributed by atoms with E-state index in [9.17, 15) is 14.4 Å². The van der Waals surface area contributed by atoms with Gasteiger partial charge in [0.1, 0.15) is 17.3 Å². The van der Waals surface area contributed by atoms with Crippen molar-refractivity contribution >= 4 is 23.2 Å². The Morgan fingerprint density at radius 2 is 1.90 bits per heavy atom. The van der Waals surface area contributed by atoms with Gasteiger partial charge in [-0.15, -0.1) is 0 Å². The number of hydrogen-bond donors (Lipinski definition) is 3. The number of hydrogen-bond acceptors (Lipinski definition) is 5. The molecule has 0 saturated heterocycles. The van der Waals surface area contributed by atoms with Crippen LogP contribution in [0.25, 0.3) is 11.3 Å². The van der Waals surface area contributed by atoms with Crippen molar-refractivity contribution in [3.8, 4) is 11.3 Å². The number of Topliss-reactive ketones (excluding diaryl/α,β-unsaturated/α-hetero) is 1. The van der Waals surface area contributed by atoms with Gasteiger partial charge in [0.2, 0.25) is 0 Å². The maximum absolute atomic E-state index is 12.8. The van der Waals surface area contributed by atoms with E-state index in [-0.39, 0.29) is 11.3 Å². The third-order valence-corrected chi connectivity index (χ3v) is 5.54. The third-order valence-electron chi connectivity index (χ3n) is 5.31. The van der Waals surface area contributed by atoms with Gasteiger partial charge in [0, 0.05) is 28.3 Å². The minimum absolute atomic E-state index is 0.0271. The first kappa shape index (κ1) is 17.8. The molecule has 0 saturated carbocycles. The summed E-state index contributed by atoms with van der Waals surface area (Å²) in [6.07, 6.45) is 1.79. The highest BCUT2D eigenvalue weighted by atomic mass is 35.5. The largest absolute Gasteiger partial charge is 0.460 e. The number of anilines is 1. The van der Waals surface area contributed by atoms with Crippen LogP contribution in [0.3, 0.4) is 0 Å². The highest BCUT2D eigenvalue weighted by molar-refractivity contribution is 6.30. The second kappa shape index (κ2) is 6.63. The molecule has 146 valence electrons. The first-order chi connectivity index (χ1) is 14.0. The molecule has 0 bridgehead atoms. The van der Waals surface area contributed by atoms with E-state index in [1.165, 1.54) is 0 Å². The molecule has 2 aliphatic rings. The Hall–Kier alpha value is -3.32. The second-order valence-corrected chi connectivity index (χ2v) is 7.57. The van der Waals surface area contributed by atoms with Crippen molar-refractivity contribution in [1.82, 2.24) is 9.97 Å². The van der Waals surface area contributed by atoms with Crippen molar-refractivity contribution < 1.29 is 9.21 Å².